The SMILES string of the molecule is COc1cc(CC(=O)Cl)cc(OC)c1O. The Balaban J connectivity index is 3.14. The lowest BCUT2D eigenvalue weighted by Gasteiger charge is -2.10. The Bertz CT molecular complexity index is 351. The molecule has 1 N–H and O–H groups in total. The van der Waals surface area contributed by atoms with Crippen molar-refractivity contribution in [1.29, 1.82) is 0 Å². The zero-order valence-corrected chi connectivity index (χ0v) is 9.17. The number of phenolic OH excluding ortho intramolecular Hbond substituents is 1. The third-order valence-electron chi connectivity index (χ3n) is 1.88. The maximum absolute atomic E-state index is 10.7. The molecule has 15 heavy (non-hydrogen) atoms. The highest BCUT2D eigenvalue weighted by Gasteiger charge is 2.12. The number of phenols is 1. The van der Waals surface area contributed by atoms with Gasteiger partial charge in [-0.1, -0.05) is 0 Å². The zero-order chi connectivity index (χ0) is 11.4. The van der Waals surface area contributed by atoms with E-state index >= 15 is 0 Å². The second-order valence-electron chi connectivity index (χ2n) is 2.88. The first-order valence-corrected chi connectivity index (χ1v) is 4.58. The van der Waals surface area contributed by atoms with Gasteiger partial charge in [-0.05, 0) is 29.3 Å². The first-order valence-electron chi connectivity index (χ1n) is 4.20. The molecule has 0 radical (unpaired) electrons. The maximum atomic E-state index is 10.7. The fourth-order valence-electron chi connectivity index (χ4n) is 1.21. The minimum atomic E-state index is -0.482. The summed E-state index contributed by atoms with van der Waals surface area (Å²) in [5, 5.41) is 9.10. The molecule has 0 aliphatic heterocycles. The molecule has 4 nitrogen and oxygen atoms in total. The molecule has 0 aliphatic rings. The molecule has 1 aromatic rings. The quantitative estimate of drug-likeness (QED) is 0.801. The average Bonchev–Trinajstić information content (AvgIpc) is 2.19. The number of rotatable bonds is 4. The molecule has 82 valence electrons. The molecule has 0 heterocycles. The highest BCUT2D eigenvalue weighted by atomic mass is 35.5. The van der Waals surface area contributed by atoms with Gasteiger partial charge in [0.05, 0.1) is 14.2 Å². The summed E-state index contributed by atoms with van der Waals surface area (Å²) >= 11 is 5.26. The van der Waals surface area contributed by atoms with Gasteiger partial charge in [-0.3, -0.25) is 4.79 Å². The van der Waals surface area contributed by atoms with E-state index in [0.29, 0.717) is 5.56 Å². The van der Waals surface area contributed by atoms with Crippen molar-refractivity contribution in [2.45, 2.75) is 6.42 Å². The molecule has 0 atom stereocenters. The van der Waals surface area contributed by atoms with Crippen LogP contribution < -0.4 is 9.47 Å². The maximum Gasteiger partial charge on any atom is 0.226 e. The van der Waals surface area contributed by atoms with Crippen LogP contribution in [-0.2, 0) is 11.2 Å². The molecule has 0 aromatic heterocycles. The van der Waals surface area contributed by atoms with Crippen LogP contribution in [0.4, 0.5) is 0 Å². The predicted molar refractivity (Wildman–Crippen MR) is 55.8 cm³/mol. The standard InChI is InChI=1S/C10H11ClO4/c1-14-7-3-6(5-9(11)12)4-8(15-2)10(7)13/h3-4,13H,5H2,1-2H3. The van der Waals surface area contributed by atoms with E-state index in [1.165, 1.54) is 26.4 Å². The summed E-state index contributed by atoms with van der Waals surface area (Å²) in [4.78, 5) is 10.7. The van der Waals surface area contributed by atoms with Gasteiger partial charge in [0.1, 0.15) is 0 Å². The Morgan fingerprint density at radius 3 is 2.13 bits per heavy atom. The van der Waals surface area contributed by atoms with Crippen molar-refractivity contribution in [2.75, 3.05) is 14.2 Å². The average molecular weight is 231 g/mol. The van der Waals surface area contributed by atoms with Crippen LogP contribution in [0.1, 0.15) is 5.56 Å². The van der Waals surface area contributed by atoms with Gasteiger partial charge in [-0.2, -0.15) is 0 Å². The van der Waals surface area contributed by atoms with Gasteiger partial charge in [0.25, 0.3) is 0 Å². The fourth-order valence-corrected chi connectivity index (χ4v) is 1.36. The summed E-state index contributed by atoms with van der Waals surface area (Å²) in [5.74, 6) is 0.412. The lowest BCUT2D eigenvalue weighted by Crippen LogP contribution is -1.96. The van der Waals surface area contributed by atoms with E-state index < -0.39 is 5.24 Å². The van der Waals surface area contributed by atoms with Gasteiger partial charge in [0.15, 0.2) is 11.5 Å². The molecular weight excluding hydrogens is 220 g/mol. The molecule has 0 spiro atoms. The van der Waals surface area contributed by atoms with E-state index in [2.05, 4.69) is 0 Å². The Morgan fingerprint density at radius 2 is 1.80 bits per heavy atom. The number of halogens is 1. The van der Waals surface area contributed by atoms with Crippen LogP contribution in [-0.4, -0.2) is 24.6 Å². The summed E-state index contributed by atoms with van der Waals surface area (Å²) in [5.41, 5.74) is 0.626. The first-order chi connectivity index (χ1) is 7.08. The number of aromatic hydroxyl groups is 1. The Labute approximate surface area is 92.4 Å². The van der Waals surface area contributed by atoms with Crippen molar-refractivity contribution < 1.29 is 19.4 Å². The van der Waals surface area contributed by atoms with E-state index in [1.54, 1.807) is 0 Å². The summed E-state index contributed by atoms with van der Waals surface area (Å²) < 4.78 is 9.85. The Kier molecular flexibility index (Phi) is 3.80. The minimum absolute atomic E-state index is 0.0640. The van der Waals surface area contributed by atoms with E-state index in [1.807, 2.05) is 0 Å². The highest BCUT2D eigenvalue weighted by molar-refractivity contribution is 6.63. The van der Waals surface area contributed by atoms with Crippen molar-refractivity contribution in [1.82, 2.24) is 0 Å². The number of methoxy groups -OCH3 is 2. The number of hydrogen-bond acceptors (Lipinski definition) is 4. The van der Waals surface area contributed by atoms with Gasteiger partial charge in [0, 0.05) is 6.42 Å². The monoisotopic (exact) mass is 230 g/mol. The number of ether oxygens (including phenoxy) is 2. The number of carbonyl (C=O) groups excluding carboxylic acids is 1. The predicted octanol–water partition coefficient (Wildman–Crippen LogP) is 1.72. The molecule has 0 saturated heterocycles. The summed E-state index contributed by atoms with van der Waals surface area (Å²) in [7, 11) is 2.83. The van der Waals surface area contributed by atoms with Gasteiger partial charge in [0.2, 0.25) is 11.0 Å². The molecular formula is C10H11ClO4. The molecule has 0 fully saturated rings. The highest BCUT2D eigenvalue weighted by Crippen LogP contribution is 2.37. The largest absolute Gasteiger partial charge is 0.502 e. The van der Waals surface area contributed by atoms with E-state index in [0.717, 1.165) is 0 Å². The van der Waals surface area contributed by atoms with Gasteiger partial charge in [-0.15, -0.1) is 0 Å². The second-order valence-corrected chi connectivity index (χ2v) is 3.30. The molecule has 0 amide bonds. The summed E-state index contributed by atoms with van der Waals surface area (Å²) in [6.07, 6.45) is 0.0640. The van der Waals surface area contributed by atoms with Crippen molar-refractivity contribution in [3.63, 3.8) is 0 Å². The van der Waals surface area contributed by atoms with Crippen LogP contribution in [0.3, 0.4) is 0 Å². The lowest BCUT2D eigenvalue weighted by atomic mass is 10.1. The first kappa shape index (κ1) is 11.7. The van der Waals surface area contributed by atoms with E-state index in [9.17, 15) is 9.90 Å². The summed E-state index contributed by atoms with van der Waals surface area (Å²) in [6.45, 7) is 0. The van der Waals surface area contributed by atoms with Crippen molar-refractivity contribution >= 4 is 16.8 Å². The third kappa shape index (κ3) is 2.76. The van der Waals surface area contributed by atoms with Crippen LogP contribution >= 0.6 is 11.6 Å². The topological polar surface area (TPSA) is 55.8 Å². The lowest BCUT2D eigenvalue weighted by molar-refractivity contribution is -0.111. The van der Waals surface area contributed by atoms with Gasteiger partial charge in [-0.25, -0.2) is 0 Å². The number of carbonyl (C=O) groups is 1. The van der Waals surface area contributed by atoms with Crippen molar-refractivity contribution in [2.24, 2.45) is 0 Å². The van der Waals surface area contributed by atoms with E-state index in [4.69, 9.17) is 21.1 Å². The van der Waals surface area contributed by atoms with Crippen molar-refractivity contribution in [3.8, 4) is 17.2 Å². The number of benzene rings is 1. The van der Waals surface area contributed by atoms with Crippen molar-refractivity contribution in [3.05, 3.63) is 17.7 Å². The normalized spacial score (nSPS) is 9.80. The Morgan fingerprint density at radius 1 is 1.33 bits per heavy atom. The minimum Gasteiger partial charge on any atom is -0.502 e. The van der Waals surface area contributed by atoms with Crippen LogP contribution in [0.15, 0.2) is 12.1 Å². The molecule has 5 heteroatoms. The van der Waals surface area contributed by atoms with Gasteiger partial charge >= 0.3 is 0 Å². The molecule has 0 saturated carbocycles. The molecule has 1 rings (SSSR count). The van der Waals surface area contributed by atoms with Crippen LogP contribution in [0.25, 0.3) is 0 Å². The van der Waals surface area contributed by atoms with Crippen LogP contribution in [0.5, 0.6) is 17.2 Å². The fraction of sp³-hybridized carbons (Fsp3) is 0.300. The molecule has 1 aromatic carbocycles. The van der Waals surface area contributed by atoms with E-state index in [-0.39, 0.29) is 23.7 Å². The second kappa shape index (κ2) is 4.89. The molecule has 0 unspecified atom stereocenters. The molecule has 0 aliphatic carbocycles. The third-order valence-corrected chi connectivity index (χ3v) is 2.02. The summed E-state index contributed by atoms with van der Waals surface area (Å²) in [6, 6.07) is 3.08. The van der Waals surface area contributed by atoms with Crippen LogP contribution in [0.2, 0.25) is 0 Å². The molecule has 0 bridgehead atoms. The number of hydrogen-bond donors (Lipinski definition) is 1. The van der Waals surface area contributed by atoms with Gasteiger partial charge < -0.3 is 14.6 Å². The van der Waals surface area contributed by atoms with Crippen LogP contribution in [0, 0.1) is 0 Å². The Hall–Kier alpha value is -1.42. The zero-order valence-electron chi connectivity index (χ0n) is 8.41. The smallest absolute Gasteiger partial charge is 0.226 e.